The molecule has 0 spiro atoms. The fourth-order valence-corrected chi connectivity index (χ4v) is 8.97. The SMILES string of the molecule is CCCCCCCCCCCCCC[n+]1ccc(CC)cc1.O=C([O-])O.O=P([O-])([O-])O[C@H]1[C@H](OP(=O)([O-])[O-])[C@@H](OP(=O)([O-])[O-])[C@H](OP(=O)([O-])[O-])[C@@H](OP(=O)([O-])[O-])[C@H]1OP(=O)([O-])[O-].[Br-].[Cu+2].[Cu+2].[Cu+2].[Cu+2].[Cu+2].[Cu+2].[Na+]. The summed E-state index contributed by atoms with van der Waals surface area (Å²) >= 11 is 0. The molecule has 0 bridgehead atoms. The van der Waals surface area contributed by atoms with E-state index in [1.807, 2.05) is 0 Å². The Labute approximate surface area is 500 Å². The van der Waals surface area contributed by atoms with Crippen LogP contribution < -0.4 is 115 Å². The van der Waals surface area contributed by atoms with Gasteiger partial charge in [-0.05, 0) is 18.4 Å². The molecule has 2 rings (SSSR count). The van der Waals surface area contributed by atoms with Crippen LogP contribution in [0.3, 0.4) is 0 Å². The van der Waals surface area contributed by atoms with Crippen LogP contribution in [0.5, 0.6) is 0 Å². The summed E-state index contributed by atoms with van der Waals surface area (Å²) in [6, 6.07) is 4.50. The number of unbranched alkanes of at least 4 members (excludes halogenated alkanes) is 11. The van der Waals surface area contributed by atoms with E-state index in [0.29, 0.717) is 0 Å². The average Bonchev–Trinajstić information content (AvgIpc) is 3.07. The standard InChI is InChI=1S/C21H38N.C6H18O24P6.CH2O3.BrH.6Cu.Na/c1-3-5-6-7-8-9-10-11-12-13-14-15-18-22-19-16-21(4-2)17-20-22;7-31(8,9)25-1-2(26-32(10,11)12)4(28-34(16,17)18)6(30-36(22,23)24)5(29-35(19,20)21)3(1)27-33(13,14)15;2-1(3)4;;;;;;;;/h16-17,19-20H,3-15,18H2,1-2H3;1-6H,(H2,7,8,9)(H2,10,11,12)(H2,13,14,15)(H2,16,17,18)(H2,19,20,21)(H2,22,23,24);(H2,2,3,4);1H;;;;;;;/q+1;;;;6*+2;+1/p-14/t;1-,2-,3-,4+,5-,6-;;;;;;;;;. The quantitative estimate of drug-likeness (QED) is 0.0389. The van der Waals surface area contributed by atoms with Crippen molar-refractivity contribution in [3.63, 3.8) is 0 Å². The molecule has 28 nitrogen and oxygen atoms in total. The van der Waals surface area contributed by atoms with Crippen LogP contribution in [0.2, 0.25) is 0 Å². The molecule has 0 aliphatic heterocycles. The average molecular weight is 1500 g/mol. The van der Waals surface area contributed by atoms with Gasteiger partial charge in [-0.2, -0.15) is 0 Å². The number of phosphoric ester groups is 6. The van der Waals surface area contributed by atoms with Crippen LogP contribution in [0.15, 0.2) is 24.5 Å². The van der Waals surface area contributed by atoms with Gasteiger partial charge in [-0.1, -0.05) is 78.1 Å². The van der Waals surface area contributed by atoms with E-state index in [1.165, 1.54) is 89.2 Å². The van der Waals surface area contributed by atoms with E-state index >= 15 is 0 Å². The van der Waals surface area contributed by atoms with E-state index in [-0.39, 0.29) is 149 Å². The molecule has 1 fully saturated rings. The molecule has 0 saturated heterocycles. The van der Waals surface area contributed by atoms with Gasteiger partial charge in [0.05, 0.1) is 46.9 Å². The number of carboxylic acid groups (broad SMARTS) is 2. The summed E-state index contributed by atoms with van der Waals surface area (Å²) in [5.74, 6) is 0. The van der Waals surface area contributed by atoms with Gasteiger partial charge in [0, 0.05) is 18.6 Å². The number of halogens is 1. The maximum absolute atomic E-state index is 11.1. The van der Waals surface area contributed by atoms with Gasteiger partial charge in [0.25, 0.3) is 0 Å². The molecule has 0 unspecified atom stereocenters. The maximum Gasteiger partial charge on any atom is 2.00 e. The first-order valence-corrected chi connectivity index (χ1v) is 27.0. The van der Waals surface area contributed by atoms with Crippen LogP contribution in [0, 0.1) is 0 Å². The van der Waals surface area contributed by atoms with Gasteiger partial charge in [-0.25, -0.2) is 4.57 Å². The van der Waals surface area contributed by atoms with Gasteiger partial charge in [0.15, 0.2) is 12.4 Å². The number of hydrogen-bond acceptors (Lipinski definition) is 26. The van der Waals surface area contributed by atoms with Crippen LogP contribution in [-0.4, -0.2) is 47.9 Å². The van der Waals surface area contributed by atoms with Crippen LogP contribution in [0.1, 0.15) is 96.5 Å². The summed E-state index contributed by atoms with van der Waals surface area (Å²) in [7, 11) is -40.1. The molecule has 0 amide bonds. The maximum atomic E-state index is 11.1. The number of phosphoric acid groups is 6. The molecule has 428 valence electrons. The van der Waals surface area contributed by atoms with Gasteiger partial charge in [0.2, 0.25) is 6.16 Å². The zero-order valence-corrected chi connectivity index (χ0v) is 50.7. The van der Waals surface area contributed by atoms with Crippen LogP contribution in [-0.2, 0) is 170 Å². The Morgan fingerprint density at radius 3 is 0.829 bits per heavy atom. The van der Waals surface area contributed by atoms with E-state index in [4.69, 9.17) is 15.0 Å². The minimum absolute atomic E-state index is 0. The van der Waals surface area contributed by atoms with Gasteiger partial charge < -0.3 is 145 Å². The molecule has 0 atom stereocenters. The van der Waals surface area contributed by atoms with Crippen molar-refractivity contribution < 1.29 is 282 Å². The molecule has 1 aromatic heterocycles. The topological polar surface area (TPSA) is 499 Å². The molecule has 1 saturated carbocycles. The van der Waals surface area contributed by atoms with E-state index in [2.05, 4.69) is 70.1 Å². The third-order valence-corrected chi connectivity index (χ3v) is 11.1. The summed E-state index contributed by atoms with van der Waals surface area (Å²) < 4.78 is 90.7. The zero-order valence-electron chi connectivity index (χ0n) is 36.1. The Bertz CT molecular complexity index is 1550. The monoisotopic (exact) mass is 1490 g/mol. The Balaban J connectivity index is -0.000000136. The van der Waals surface area contributed by atoms with Crippen molar-refractivity contribution in [2.45, 2.75) is 140 Å². The van der Waals surface area contributed by atoms with Crippen molar-refractivity contribution in [3.05, 3.63) is 30.1 Å². The summed E-state index contributed by atoms with van der Waals surface area (Å²) in [4.78, 5) is 142. The third kappa shape index (κ3) is 51.1. The van der Waals surface area contributed by atoms with Crippen molar-refractivity contribution in [2.75, 3.05) is 0 Å². The number of carbonyl (C=O) groups is 1. The van der Waals surface area contributed by atoms with Crippen LogP contribution in [0.25, 0.3) is 0 Å². The largest absolute Gasteiger partial charge is 2.00 e. The molecule has 0 aromatic carbocycles. The summed E-state index contributed by atoms with van der Waals surface area (Å²) in [6.07, 6.45) is -0.846. The Hall–Kier alpha value is 3.68. The van der Waals surface area contributed by atoms with E-state index in [0.717, 1.165) is 6.42 Å². The van der Waals surface area contributed by atoms with Crippen molar-refractivity contribution in [1.82, 2.24) is 0 Å². The number of rotatable bonds is 26. The second-order valence-corrected chi connectivity index (χ2v) is 19.7. The number of pyridine rings is 1. The molecule has 6 radical (unpaired) electrons. The third-order valence-electron chi connectivity index (χ3n) is 8.09. The second kappa shape index (κ2) is 45.4. The van der Waals surface area contributed by atoms with Gasteiger partial charge >= 0.3 is 132 Å². The molecular weight excluding hydrogens is 1450 g/mol. The number of aryl methyl sites for hydroxylation is 2. The van der Waals surface area contributed by atoms with Gasteiger partial charge in [-0.3, -0.25) is 0 Å². The second-order valence-electron chi connectivity index (χ2n) is 13.1. The molecule has 1 aromatic rings. The van der Waals surface area contributed by atoms with Crippen molar-refractivity contribution in [3.8, 4) is 0 Å². The molecular formula is C28H45BrCu6NNaO27P6. The molecule has 42 heteroatoms. The molecule has 1 aliphatic rings. The number of hydrogen-bond donors (Lipinski definition) is 1. The normalized spacial score (nSPS) is 18.9. The predicted molar refractivity (Wildman–Crippen MR) is 180 cm³/mol. The molecule has 1 aliphatic carbocycles. The zero-order chi connectivity index (χ0) is 48.2. The molecule has 70 heavy (non-hydrogen) atoms. The Kier molecular flexibility index (Phi) is 60.4. The first kappa shape index (κ1) is 93.0. The van der Waals surface area contributed by atoms with Crippen molar-refractivity contribution in [1.29, 1.82) is 0 Å². The smallest absolute Gasteiger partial charge is 1.00 e. The summed E-state index contributed by atoms with van der Waals surface area (Å²) in [5.41, 5.74) is 1.44. The predicted octanol–water partition coefficient (Wildman–Crippen LogP) is -11.6. The van der Waals surface area contributed by atoms with Gasteiger partial charge in [-0.15, -0.1) is 0 Å². The van der Waals surface area contributed by atoms with Crippen LogP contribution >= 0.6 is 46.9 Å². The molecule has 1 heterocycles. The first-order valence-electron chi connectivity index (χ1n) is 18.3. The van der Waals surface area contributed by atoms with Gasteiger partial charge in [0.1, 0.15) is 43.2 Å². The minimum atomic E-state index is -6.68. The summed E-state index contributed by atoms with van der Waals surface area (Å²) in [5, 5.41) is 15.3. The van der Waals surface area contributed by atoms with E-state index < -0.39 is 89.7 Å². The first-order chi connectivity index (χ1) is 28.2. The summed E-state index contributed by atoms with van der Waals surface area (Å²) in [6.45, 7) is 5.69. The van der Waals surface area contributed by atoms with Crippen LogP contribution in [0.4, 0.5) is 4.79 Å². The van der Waals surface area contributed by atoms with E-state index in [1.54, 1.807) is 0 Å². The number of nitrogens with zero attached hydrogens (tertiary/aromatic N) is 1. The molecule has 1 N–H and O–H groups in total. The fourth-order valence-electron chi connectivity index (χ4n) is 5.74. The minimum Gasteiger partial charge on any atom is -1.00 e. The van der Waals surface area contributed by atoms with Crippen molar-refractivity contribution in [2.24, 2.45) is 0 Å². The van der Waals surface area contributed by atoms with Crippen molar-refractivity contribution >= 4 is 53.1 Å². The fraction of sp³-hybridized carbons (Fsp3) is 0.786. The van der Waals surface area contributed by atoms with E-state index in [9.17, 15) is 86.1 Å². The Morgan fingerprint density at radius 2 is 0.657 bits per heavy atom. The number of aromatic nitrogens is 1. The Morgan fingerprint density at radius 1 is 0.471 bits per heavy atom.